The minimum Gasteiger partial charge on any atom is -0.458 e. The van der Waals surface area contributed by atoms with E-state index in [2.05, 4.69) is 17.2 Å². The van der Waals surface area contributed by atoms with E-state index in [1.54, 1.807) is 31.2 Å². The van der Waals surface area contributed by atoms with E-state index < -0.39 is 18.0 Å². The Balaban J connectivity index is 2.43. The van der Waals surface area contributed by atoms with Crippen molar-refractivity contribution < 1.29 is 14.3 Å². The second-order valence-corrected chi connectivity index (χ2v) is 4.89. The largest absolute Gasteiger partial charge is 0.458 e. The molecule has 2 N–H and O–H groups in total. The third-order valence-electron chi connectivity index (χ3n) is 3.04. The summed E-state index contributed by atoms with van der Waals surface area (Å²) < 4.78 is 5.08. The Morgan fingerprint density at radius 2 is 2.19 bits per heavy atom. The number of hydrogen-bond acceptors (Lipinski definition) is 3. The molecule has 0 saturated carbocycles. The number of carbonyl (C=O) groups excluding carboxylic acids is 2. The molecule has 1 atom stereocenters. The van der Waals surface area contributed by atoms with Crippen LogP contribution in [0.4, 0.5) is 4.79 Å². The molecule has 0 saturated heterocycles. The number of hydrogen-bond donors (Lipinski definition) is 2. The van der Waals surface area contributed by atoms with Crippen LogP contribution < -0.4 is 10.6 Å². The lowest BCUT2D eigenvalue weighted by molar-refractivity contribution is -0.138. The van der Waals surface area contributed by atoms with Crippen LogP contribution in [0.5, 0.6) is 0 Å². The highest BCUT2D eigenvalue weighted by molar-refractivity contribution is 6.31. The Morgan fingerprint density at radius 1 is 1.48 bits per heavy atom. The number of ether oxygens (including phenoxy) is 1. The second kappa shape index (κ2) is 6.45. The summed E-state index contributed by atoms with van der Waals surface area (Å²) >= 11 is 6.16. The molecule has 5 nitrogen and oxygen atoms in total. The van der Waals surface area contributed by atoms with E-state index in [1.807, 2.05) is 0 Å². The number of esters is 1. The molecule has 0 aliphatic carbocycles. The standard InChI is InChI=1S/C15H15ClN2O3/c1-3-8-21-14(19)12-9(2)17-15(20)18-13(12)10-6-4-5-7-11(10)16/h3-7,13H,1,8H2,2H3,(H2,17,18,20). The van der Waals surface area contributed by atoms with Crippen molar-refractivity contribution in [1.82, 2.24) is 10.6 Å². The number of nitrogens with one attached hydrogen (secondary N) is 2. The topological polar surface area (TPSA) is 67.4 Å². The third kappa shape index (κ3) is 3.25. The van der Waals surface area contributed by atoms with Crippen LogP contribution in [0.15, 0.2) is 48.2 Å². The SMILES string of the molecule is C=CCOC(=O)C1=C(C)NC(=O)NC1c1ccccc1Cl. The van der Waals surface area contributed by atoms with Gasteiger partial charge in [0, 0.05) is 10.7 Å². The number of allylic oxidation sites excluding steroid dienone is 1. The number of rotatable bonds is 4. The van der Waals surface area contributed by atoms with Gasteiger partial charge in [0.15, 0.2) is 0 Å². The average molecular weight is 307 g/mol. The lowest BCUT2D eigenvalue weighted by Crippen LogP contribution is -2.45. The van der Waals surface area contributed by atoms with Crippen molar-refractivity contribution in [3.8, 4) is 0 Å². The van der Waals surface area contributed by atoms with Crippen molar-refractivity contribution in [3.05, 3.63) is 58.8 Å². The third-order valence-corrected chi connectivity index (χ3v) is 3.38. The average Bonchev–Trinajstić information content (AvgIpc) is 2.44. The molecule has 1 heterocycles. The molecule has 0 radical (unpaired) electrons. The molecule has 21 heavy (non-hydrogen) atoms. The fraction of sp³-hybridized carbons (Fsp3) is 0.200. The van der Waals surface area contributed by atoms with Gasteiger partial charge < -0.3 is 15.4 Å². The summed E-state index contributed by atoms with van der Waals surface area (Å²) in [5.41, 5.74) is 1.40. The van der Waals surface area contributed by atoms with Crippen LogP contribution in [0.1, 0.15) is 18.5 Å². The van der Waals surface area contributed by atoms with Crippen LogP contribution in [0, 0.1) is 0 Å². The Morgan fingerprint density at radius 3 is 2.86 bits per heavy atom. The van der Waals surface area contributed by atoms with Crippen molar-refractivity contribution in [2.24, 2.45) is 0 Å². The summed E-state index contributed by atoms with van der Waals surface area (Å²) in [7, 11) is 0. The highest BCUT2D eigenvalue weighted by Gasteiger charge is 2.33. The summed E-state index contributed by atoms with van der Waals surface area (Å²) in [5.74, 6) is -0.523. The Hall–Kier alpha value is -2.27. The highest BCUT2D eigenvalue weighted by Crippen LogP contribution is 2.31. The number of benzene rings is 1. The Bertz CT molecular complexity index is 625. The molecule has 0 spiro atoms. The van der Waals surface area contributed by atoms with Crippen LogP contribution in [-0.4, -0.2) is 18.6 Å². The molecule has 2 amide bonds. The van der Waals surface area contributed by atoms with E-state index in [9.17, 15) is 9.59 Å². The van der Waals surface area contributed by atoms with E-state index in [1.165, 1.54) is 6.08 Å². The molecule has 0 fully saturated rings. The maximum absolute atomic E-state index is 12.2. The summed E-state index contributed by atoms with van der Waals surface area (Å²) in [4.78, 5) is 23.9. The number of urea groups is 1. The first kappa shape index (κ1) is 15.1. The second-order valence-electron chi connectivity index (χ2n) is 4.48. The first-order valence-corrected chi connectivity index (χ1v) is 6.73. The van der Waals surface area contributed by atoms with Crippen molar-refractivity contribution >= 4 is 23.6 Å². The molecular weight excluding hydrogens is 292 g/mol. The van der Waals surface area contributed by atoms with Gasteiger partial charge in [0.2, 0.25) is 0 Å². The molecule has 1 aromatic carbocycles. The van der Waals surface area contributed by atoms with Gasteiger partial charge in [0.25, 0.3) is 0 Å². The van der Waals surface area contributed by atoms with Crippen LogP contribution in [0.3, 0.4) is 0 Å². The van der Waals surface area contributed by atoms with Gasteiger partial charge in [-0.15, -0.1) is 0 Å². The van der Waals surface area contributed by atoms with Crippen LogP contribution in [0.25, 0.3) is 0 Å². The van der Waals surface area contributed by atoms with Crippen LogP contribution in [-0.2, 0) is 9.53 Å². The maximum atomic E-state index is 12.2. The molecular formula is C15H15ClN2O3. The lowest BCUT2D eigenvalue weighted by Gasteiger charge is -2.28. The fourth-order valence-corrected chi connectivity index (χ4v) is 2.36. The smallest absolute Gasteiger partial charge is 0.338 e. The summed E-state index contributed by atoms with van der Waals surface area (Å²) in [6.07, 6.45) is 1.48. The maximum Gasteiger partial charge on any atom is 0.338 e. The predicted octanol–water partition coefficient (Wildman–Crippen LogP) is 2.70. The first-order chi connectivity index (χ1) is 10.0. The van der Waals surface area contributed by atoms with Crippen molar-refractivity contribution in [2.45, 2.75) is 13.0 Å². The summed E-state index contributed by atoms with van der Waals surface area (Å²) in [5, 5.41) is 5.72. The van der Waals surface area contributed by atoms with Crippen LogP contribution >= 0.6 is 11.6 Å². The minimum absolute atomic E-state index is 0.0960. The van der Waals surface area contributed by atoms with Gasteiger partial charge in [-0.1, -0.05) is 42.5 Å². The Labute approximate surface area is 127 Å². The molecule has 0 bridgehead atoms. The van der Waals surface area contributed by atoms with E-state index in [4.69, 9.17) is 16.3 Å². The zero-order valence-electron chi connectivity index (χ0n) is 11.5. The zero-order valence-corrected chi connectivity index (χ0v) is 12.2. The van der Waals surface area contributed by atoms with E-state index in [0.717, 1.165) is 0 Å². The van der Waals surface area contributed by atoms with Gasteiger partial charge in [-0.05, 0) is 18.6 Å². The van der Waals surface area contributed by atoms with Gasteiger partial charge in [-0.2, -0.15) is 0 Å². The van der Waals surface area contributed by atoms with Crippen molar-refractivity contribution in [2.75, 3.05) is 6.61 Å². The summed E-state index contributed by atoms with van der Waals surface area (Å²) in [6.45, 7) is 5.24. The number of amides is 2. The molecule has 1 aliphatic heterocycles. The fourth-order valence-electron chi connectivity index (χ4n) is 2.12. The van der Waals surface area contributed by atoms with E-state index in [0.29, 0.717) is 21.9 Å². The molecule has 1 aromatic rings. The molecule has 1 aliphatic rings. The van der Waals surface area contributed by atoms with Gasteiger partial charge >= 0.3 is 12.0 Å². The first-order valence-electron chi connectivity index (χ1n) is 6.35. The van der Waals surface area contributed by atoms with Crippen LogP contribution in [0.2, 0.25) is 5.02 Å². The number of carbonyl (C=O) groups is 2. The summed E-state index contributed by atoms with van der Waals surface area (Å²) in [6, 6.07) is 5.99. The van der Waals surface area contributed by atoms with Crippen molar-refractivity contribution in [3.63, 3.8) is 0 Å². The monoisotopic (exact) mass is 306 g/mol. The van der Waals surface area contributed by atoms with Gasteiger partial charge in [-0.3, -0.25) is 0 Å². The number of halogens is 1. The van der Waals surface area contributed by atoms with Gasteiger partial charge in [0.05, 0.1) is 11.6 Å². The molecule has 6 heteroatoms. The van der Waals surface area contributed by atoms with E-state index >= 15 is 0 Å². The van der Waals surface area contributed by atoms with E-state index in [-0.39, 0.29) is 6.61 Å². The molecule has 2 rings (SSSR count). The lowest BCUT2D eigenvalue weighted by atomic mass is 9.95. The Kier molecular flexibility index (Phi) is 4.65. The molecule has 1 unspecified atom stereocenters. The quantitative estimate of drug-likeness (QED) is 0.664. The van der Waals surface area contributed by atoms with Gasteiger partial charge in [0.1, 0.15) is 6.61 Å². The zero-order chi connectivity index (χ0) is 15.4. The highest BCUT2D eigenvalue weighted by atomic mass is 35.5. The van der Waals surface area contributed by atoms with Gasteiger partial charge in [-0.25, -0.2) is 9.59 Å². The molecule has 0 aromatic heterocycles. The molecule has 110 valence electrons. The van der Waals surface area contributed by atoms with Crippen molar-refractivity contribution in [1.29, 1.82) is 0 Å². The predicted molar refractivity (Wildman–Crippen MR) is 79.7 cm³/mol. The normalized spacial score (nSPS) is 17.8. The minimum atomic E-state index is -0.648.